The molecule has 18 heavy (non-hydrogen) atoms. The lowest BCUT2D eigenvalue weighted by atomic mass is 9.70. The SMILES string of the molecule is CCCCC1(N)c2ccccc2CCC1N(C)C. The zero-order valence-corrected chi connectivity index (χ0v) is 11.9. The summed E-state index contributed by atoms with van der Waals surface area (Å²) in [5.74, 6) is 0. The maximum Gasteiger partial charge on any atom is 0.0569 e. The number of fused-ring (bicyclic) bond motifs is 1. The van der Waals surface area contributed by atoms with Crippen LogP contribution in [0.3, 0.4) is 0 Å². The van der Waals surface area contributed by atoms with Gasteiger partial charge in [-0.2, -0.15) is 0 Å². The number of hydrogen-bond donors (Lipinski definition) is 1. The first-order valence-corrected chi connectivity index (χ1v) is 7.13. The Morgan fingerprint density at radius 1 is 1.33 bits per heavy atom. The Hall–Kier alpha value is -0.860. The van der Waals surface area contributed by atoms with Crippen molar-refractivity contribution in [2.45, 2.75) is 50.6 Å². The van der Waals surface area contributed by atoms with E-state index in [-0.39, 0.29) is 5.54 Å². The number of rotatable bonds is 4. The number of hydrogen-bond acceptors (Lipinski definition) is 2. The molecule has 0 fully saturated rings. The van der Waals surface area contributed by atoms with E-state index in [1.807, 2.05) is 0 Å². The van der Waals surface area contributed by atoms with Gasteiger partial charge in [0, 0.05) is 6.04 Å². The van der Waals surface area contributed by atoms with Crippen molar-refractivity contribution in [3.05, 3.63) is 35.4 Å². The third-order valence-corrected chi connectivity index (χ3v) is 4.37. The summed E-state index contributed by atoms with van der Waals surface area (Å²) in [5, 5.41) is 0. The molecule has 2 nitrogen and oxygen atoms in total. The predicted octanol–water partition coefficient (Wildman–Crippen LogP) is 2.91. The van der Waals surface area contributed by atoms with Gasteiger partial charge in [-0.3, -0.25) is 0 Å². The van der Waals surface area contributed by atoms with Crippen LogP contribution >= 0.6 is 0 Å². The second-order valence-corrected chi connectivity index (χ2v) is 5.82. The molecule has 0 aromatic heterocycles. The molecule has 0 amide bonds. The largest absolute Gasteiger partial charge is 0.320 e. The molecule has 0 saturated heterocycles. The minimum absolute atomic E-state index is 0.172. The summed E-state index contributed by atoms with van der Waals surface area (Å²) in [6.07, 6.45) is 5.83. The highest BCUT2D eigenvalue weighted by Gasteiger charge is 2.41. The van der Waals surface area contributed by atoms with E-state index in [1.54, 1.807) is 0 Å². The number of unbranched alkanes of at least 4 members (excludes halogenated alkanes) is 1. The first kappa shape index (κ1) is 13.6. The Morgan fingerprint density at radius 2 is 2.06 bits per heavy atom. The highest BCUT2D eigenvalue weighted by atomic mass is 15.1. The van der Waals surface area contributed by atoms with E-state index in [1.165, 1.54) is 30.4 Å². The first-order valence-electron chi connectivity index (χ1n) is 7.13. The molecule has 100 valence electrons. The fraction of sp³-hybridized carbons (Fsp3) is 0.625. The normalized spacial score (nSPS) is 27.3. The average Bonchev–Trinajstić information content (AvgIpc) is 2.36. The topological polar surface area (TPSA) is 29.3 Å². The number of nitrogens with zero attached hydrogens (tertiary/aromatic N) is 1. The van der Waals surface area contributed by atoms with Gasteiger partial charge in [-0.25, -0.2) is 0 Å². The molecule has 1 aliphatic rings. The number of likely N-dealkylation sites (N-methyl/N-ethyl adjacent to an activating group) is 1. The molecule has 0 aliphatic heterocycles. The standard InChI is InChI=1S/C16H26N2/c1-4-5-12-16(17)14-9-7-6-8-13(14)10-11-15(16)18(2)3/h6-9,15H,4-5,10-12,17H2,1-3H3. The van der Waals surface area contributed by atoms with Crippen LogP contribution < -0.4 is 5.73 Å². The zero-order chi connectivity index (χ0) is 13.2. The van der Waals surface area contributed by atoms with E-state index in [0.29, 0.717) is 6.04 Å². The molecule has 0 saturated carbocycles. The molecule has 2 N–H and O–H groups in total. The van der Waals surface area contributed by atoms with Gasteiger partial charge in [0.2, 0.25) is 0 Å². The molecule has 1 aromatic carbocycles. The van der Waals surface area contributed by atoms with Gasteiger partial charge in [0.1, 0.15) is 0 Å². The average molecular weight is 246 g/mol. The van der Waals surface area contributed by atoms with Gasteiger partial charge in [-0.05, 0) is 44.5 Å². The maximum absolute atomic E-state index is 6.86. The van der Waals surface area contributed by atoms with E-state index in [2.05, 4.69) is 50.2 Å². The fourth-order valence-corrected chi connectivity index (χ4v) is 3.41. The Bertz CT molecular complexity index is 400. The summed E-state index contributed by atoms with van der Waals surface area (Å²) in [7, 11) is 4.32. The molecular formula is C16H26N2. The van der Waals surface area contributed by atoms with Crippen LogP contribution in [-0.2, 0) is 12.0 Å². The third-order valence-electron chi connectivity index (χ3n) is 4.37. The zero-order valence-electron chi connectivity index (χ0n) is 11.9. The molecule has 2 rings (SSSR count). The smallest absolute Gasteiger partial charge is 0.0569 e. The van der Waals surface area contributed by atoms with Crippen LogP contribution in [0.4, 0.5) is 0 Å². The van der Waals surface area contributed by atoms with Gasteiger partial charge in [-0.15, -0.1) is 0 Å². The van der Waals surface area contributed by atoms with Crippen molar-refractivity contribution in [2.24, 2.45) is 5.73 Å². The highest BCUT2D eigenvalue weighted by molar-refractivity contribution is 5.38. The van der Waals surface area contributed by atoms with Gasteiger partial charge in [0.05, 0.1) is 5.54 Å². The highest BCUT2D eigenvalue weighted by Crippen LogP contribution is 2.38. The molecule has 2 heteroatoms. The molecule has 0 spiro atoms. The van der Waals surface area contributed by atoms with Crippen molar-refractivity contribution in [3.8, 4) is 0 Å². The summed E-state index contributed by atoms with van der Waals surface area (Å²) >= 11 is 0. The third kappa shape index (κ3) is 2.32. The molecule has 0 heterocycles. The van der Waals surface area contributed by atoms with Crippen LogP contribution in [0.5, 0.6) is 0 Å². The molecular weight excluding hydrogens is 220 g/mol. The number of benzene rings is 1. The van der Waals surface area contributed by atoms with Crippen LogP contribution in [0.15, 0.2) is 24.3 Å². The Balaban J connectivity index is 2.39. The van der Waals surface area contributed by atoms with Crippen LogP contribution in [0, 0.1) is 0 Å². The van der Waals surface area contributed by atoms with Gasteiger partial charge in [-0.1, -0.05) is 44.0 Å². The molecule has 2 atom stereocenters. The molecule has 1 aliphatic carbocycles. The second kappa shape index (κ2) is 5.41. The van der Waals surface area contributed by atoms with Crippen molar-refractivity contribution in [1.29, 1.82) is 0 Å². The van der Waals surface area contributed by atoms with Crippen molar-refractivity contribution in [2.75, 3.05) is 14.1 Å². The molecule has 0 radical (unpaired) electrons. The number of nitrogens with two attached hydrogens (primary N) is 1. The molecule has 2 unspecified atom stereocenters. The lowest BCUT2D eigenvalue weighted by Gasteiger charge is -2.46. The van der Waals surface area contributed by atoms with E-state index in [9.17, 15) is 0 Å². The van der Waals surface area contributed by atoms with Gasteiger partial charge in [0.15, 0.2) is 0 Å². The lowest BCUT2D eigenvalue weighted by Crippen LogP contribution is -2.56. The molecule has 0 bridgehead atoms. The summed E-state index contributed by atoms with van der Waals surface area (Å²) in [5.41, 5.74) is 9.52. The lowest BCUT2D eigenvalue weighted by molar-refractivity contribution is 0.142. The van der Waals surface area contributed by atoms with Crippen LogP contribution in [0.1, 0.15) is 43.7 Å². The van der Waals surface area contributed by atoms with Gasteiger partial charge >= 0.3 is 0 Å². The summed E-state index contributed by atoms with van der Waals surface area (Å²) in [4.78, 5) is 2.31. The van der Waals surface area contributed by atoms with Gasteiger partial charge in [0.25, 0.3) is 0 Å². The van der Waals surface area contributed by atoms with E-state index in [4.69, 9.17) is 5.73 Å². The van der Waals surface area contributed by atoms with Crippen LogP contribution in [-0.4, -0.2) is 25.0 Å². The second-order valence-electron chi connectivity index (χ2n) is 5.82. The predicted molar refractivity (Wildman–Crippen MR) is 77.6 cm³/mol. The number of aryl methyl sites for hydroxylation is 1. The van der Waals surface area contributed by atoms with Gasteiger partial charge < -0.3 is 10.6 Å². The molecule has 1 aromatic rings. The van der Waals surface area contributed by atoms with E-state index in [0.717, 1.165) is 12.8 Å². The van der Waals surface area contributed by atoms with Crippen molar-refractivity contribution in [3.63, 3.8) is 0 Å². The summed E-state index contributed by atoms with van der Waals surface area (Å²) < 4.78 is 0. The quantitative estimate of drug-likeness (QED) is 0.885. The Labute approximate surface area is 111 Å². The minimum atomic E-state index is -0.172. The summed E-state index contributed by atoms with van der Waals surface area (Å²) in [6.45, 7) is 2.24. The van der Waals surface area contributed by atoms with Crippen molar-refractivity contribution < 1.29 is 0 Å². The Morgan fingerprint density at radius 3 is 2.72 bits per heavy atom. The van der Waals surface area contributed by atoms with E-state index >= 15 is 0 Å². The monoisotopic (exact) mass is 246 g/mol. The fourth-order valence-electron chi connectivity index (χ4n) is 3.41. The van der Waals surface area contributed by atoms with Crippen molar-refractivity contribution in [1.82, 2.24) is 4.90 Å². The summed E-state index contributed by atoms with van der Waals surface area (Å²) in [6, 6.07) is 9.20. The van der Waals surface area contributed by atoms with Crippen LogP contribution in [0.2, 0.25) is 0 Å². The van der Waals surface area contributed by atoms with Crippen LogP contribution in [0.25, 0.3) is 0 Å². The minimum Gasteiger partial charge on any atom is -0.320 e. The maximum atomic E-state index is 6.86. The van der Waals surface area contributed by atoms with E-state index < -0.39 is 0 Å². The Kier molecular flexibility index (Phi) is 4.08. The first-order chi connectivity index (χ1) is 8.59. The van der Waals surface area contributed by atoms with Crippen molar-refractivity contribution >= 4 is 0 Å².